The van der Waals surface area contributed by atoms with Gasteiger partial charge in [0.1, 0.15) is 48.8 Å². The van der Waals surface area contributed by atoms with Crippen LogP contribution in [0.1, 0.15) is 107 Å². The molecule has 14 heteroatoms. The first-order chi connectivity index (χ1) is 26.0. The molecular weight excluding hydrogens is 728 g/mol. The van der Waals surface area contributed by atoms with E-state index in [9.17, 15) is 51.1 Å². The fourth-order valence-electron chi connectivity index (χ4n) is 12.8. The Morgan fingerprint density at radius 2 is 1.46 bits per heavy atom. The predicted octanol–water partition coefficient (Wildman–Crippen LogP) is 1.12. The maximum Gasteiger partial charge on any atom is 0.187 e. The molecule has 0 radical (unpaired) electrons. The van der Waals surface area contributed by atoms with Gasteiger partial charge in [0, 0.05) is 10.8 Å². The minimum absolute atomic E-state index is 0.0570. The highest BCUT2D eigenvalue weighted by molar-refractivity contribution is 5.32. The maximum absolute atomic E-state index is 12.4. The van der Waals surface area contributed by atoms with Crippen LogP contribution in [-0.2, 0) is 18.9 Å². The fraction of sp³-hybridized carbons (Fsp3) is 0.952. The third kappa shape index (κ3) is 7.06. The fourth-order valence-corrected chi connectivity index (χ4v) is 12.8. The van der Waals surface area contributed by atoms with E-state index in [1.165, 1.54) is 5.57 Å². The standard InChI is InChI=1S/C42H72O14/c1-20(9-13-27(45)39(4,5)56-35-25(19-44)53-36(52)33(50)32(35)49)21-15-16-40(6)26-12-10-22-23(42(26,8)28(46)17-41(21,40)7)11-14-29(38(22,2)3)55-37-34(51)31(48)30(47)24(18-43)54-37/h10,20-21,23-37,43-52H,9,11-19H2,1-8H3/t20?,21-,23-,24-,25-,26+,27-,28-,29+,30-,31+,32-,33-,34-,35-,36-,37+,40+,41-,42+/m1/s1. The van der Waals surface area contributed by atoms with E-state index in [0.717, 1.165) is 25.7 Å². The molecule has 5 fully saturated rings. The van der Waals surface area contributed by atoms with Crippen molar-refractivity contribution in [2.24, 2.45) is 45.3 Å². The van der Waals surface area contributed by atoms with E-state index in [1.54, 1.807) is 13.8 Å². The molecule has 20 atom stereocenters. The summed E-state index contributed by atoms with van der Waals surface area (Å²) >= 11 is 0. The quantitative estimate of drug-likeness (QED) is 0.132. The normalized spacial score (nSPS) is 50.3. The van der Waals surface area contributed by atoms with Crippen LogP contribution in [0.3, 0.4) is 0 Å². The zero-order valence-corrected chi connectivity index (χ0v) is 34.6. The van der Waals surface area contributed by atoms with Crippen molar-refractivity contribution in [3.05, 3.63) is 11.6 Å². The predicted molar refractivity (Wildman–Crippen MR) is 202 cm³/mol. The summed E-state index contributed by atoms with van der Waals surface area (Å²) in [6.45, 7) is 15.9. The highest BCUT2D eigenvalue weighted by Gasteiger charge is 2.70. The third-order valence-corrected chi connectivity index (χ3v) is 16.7. The second-order valence-electron chi connectivity index (χ2n) is 20.2. The number of aliphatic hydroxyl groups is 10. The van der Waals surface area contributed by atoms with E-state index in [1.807, 2.05) is 0 Å². The molecule has 2 saturated heterocycles. The van der Waals surface area contributed by atoms with Crippen LogP contribution in [0.4, 0.5) is 0 Å². The SMILES string of the molecule is CC(CC[C@@H](O)C(C)(C)O[C@H]1[C@H](O)[C@@H](O)[C@H](O)O[C@@H]1CO)[C@H]1CC[C@@]2(C)[C@@H]3CC=C4[C@@H](CC[C@H](O[C@@H]5O[C@H](CO)[C@@H](O)[C@H](O)[C@H]5O)C4(C)C)[C@]3(C)[C@H](O)C[C@]12C. The van der Waals surface area contributed by atoms with Gasteiger partial charge in [-0.1, -0.05) is 53.2 Å². The van der Waals surface area contributed by atoms with Gasteiger partial charge < -0.3 is 70.0 Å². The van der Waals surface area contributed by atoms with Crippen LogP contribution in [0.5, 0.6) is 0 Å². The lowest BCUT2D eigenvalue weighted by atomic mass is 9.38. The molecule has 324 valence electrons. The van der Waals surface area contributed by atoms with Crippen LogP contribution in [0, 0.1) is 45.3 Å². The van der Waals surface area contributed by atoms with E-state index in [2.05, 4.69) is 47.6 Å². The molecule has 1 unspecified atom stereocenters. The van der Waals surface area contributed by atoms with Crippen molar-refractivity contribution in [2.45, 2.75) is 192 Å². The average molecular weight is 801 g/mol. The molecule has 0 aromatic carbocycles. The Morgan fingerprint density at radius 3 is 2.11 bits per heavy atom. The van der Waals surface area contributed by atoms with Gasteiger partial charge in [-0.15, -0.1) is 0 Å². The molecule has 0 bridgehead atoms. The lowest BCUT2D eigenvalue weighted by Crippen LogP contribution is -2.65. The highest BCUT2D eigenvalue weighted by atomic mass is 16.7. The van der Waals surface area contributed by atoms with Gasteiger partial charge in [-0.25, -0.2) is 0 Å². The molecule has 0 aromatic heterocycles. The number of hydrogen-bond acceptors (Lipinski definition) is 14. The second kappa shape index (κ2) is 15.9. The molecule has 2 heterocycles. The molecule has 4 aliphatic carbocycles. The van der Waals surface area contributed by atoms with Crippen LogP contribution in [0.2, 0.25) is 0 Å². The van der Waals surface area contributed by atoms with Crippen LogP contribution in [0.25, 0.3) is 0 Å². The van der Waals surface area contributed by atoms with Gasteiger partial charge in [0.25, 0.3) is 0 Å². The van der Waals surface area contributed by atoms with Gasteiger partial charge in [-0.05, 0) is 99.7 Å². The lowest BCUT2D eigenvalue weighted by Gasteiger charge is -2.67. The van der Waals surface area contributed by atoms with Gasteiger partial charge in [-0.3, -0.25) is 0 Å². The molecule has 0 amide bonds. The van der Waals surface area contributed by atoms with Gasteiger partial charge in [0.15, 0.2) is 12.6 Å². The molecule has 2 aliphatic heterocycles. The topological polar surface area (TPSA) is 239 Å². The van der Waals surface area contributed by atoms with E-state index in [0.29, 0.717) is 31.6 Å². The lowest BCUT2D eigenvalue weighted by molar-refractivity contribution is -0.320. The smallest absolute Gasteiger partial charge is 0.187 e. The second-order valence-corrected chi connectivity index (χ2v) is 20.2. The number of ether oxygens (including phenoxy) is 4. The van der Waals surface area contributed by atoms with Crippen molar-refractivity contribution in [3.8, 4) is 0 Å². The monoisotopic (exact) mass is 800 g/mol. The molecular formula is C42H72O14. The van der Waals surface area contributed by atoms with Gasteiger partial charge in [0.05, 0.1) is 37.1 Å². The van der Waals surface area contributed by atoms with Crippen LogP contribution >= 0.6 is 0 Å². The minimum atomic E-state index is -1.66. The van der Waals surface area contributed by atoms with E-state index in [4.69, 9.17) is 18.9 Å². The zero-order chi connectivity index (χ0) is 41.5. The number of aliphatic hydroxyl groups excluding tert-OH is 10. The first-order valence-corrected chi connectivity index (χ1v) is 21.0. The van der Waals surface area contributed by atoms with Crippen LogP contribution in [0.15, 0.2) is 11.6 Å². The molecule has 0 aromatic rings. The number of hydrogen-bond donors (Lipinski definition) is 10. The summed E-state index contributed by atoms with van der Waals surface area (Å²) in [4.78, 5) is 0. The summed E-state index contributed by atoms with van der Waals surface area (Å²) in [7, 11) is 0. The Hall–Kier alpha value is -0.820. The molecule has 3 saturated carbocycles. The third-order valence-electron chi connectivity index (χ3n) is 16.7. The molecule has 56 heavy (non-hydrogen) atoms. The summed E-state index contributed by atoms with van der Waals surface area (Å²) < 4.78 is 23.5. The Bertz CT molecular complexity index is 1400. The number of rotatable bonds is 11. The molecule has 6 aliphatic rings. The van der Waals surface area contributed by atoms with Crippen molar-refractivity contribution in [3.63, 3.8) is 0 Å². The zero-order valence-electron chi connectivity index (χ0n) is 34.6. The molecule has 6 rings (SSSR count). The first-order valence-electron chi connectivity index (χ1n) is 21.0. The Kier molecular flexibility index (Phi) is 12.7. The maximum atomic E-state index is 12.4. The van der Waals surface area contributed by atoms with Crippen molar-refractivity contribution >= 4 is 0 Å². The van der Waals surface area contributed by atoms with Crippen molar-refractivity contribution in [1.29, 1.82) is 0 Å². The Morgan fingerprint density at radius 1 is 0.804 bits per heavy atom. The molecule has 0 spiro atoms. The van der Waals surface area contributed by atoms with Crippen molar-refractivity contribution in [1.82, 2.24) is 0 Å². The number of allylic oxidation sites excluding steroid dienone is 1. The van der Waals surface area contributed by atoms with Crippen LogP contribution < -0.4 is 0 Å². The summed E-state index contributed by atoms with van der Waals surface area (Å²) in [5.41, 5.74) is -1.02. The summed E-state index contributed by atoms with van der Waals surface area (Å²) in [6, 6.07) is 0. The van der Waals surface area contributed by atoms with E-state index in [-0.39, 0.29) is 40.1 Å². The number of fused-ring (bicyclic) bond motifs is 5. The first kappa shape index (κ1) is 44.7. The summed E-state index contributed by atoms with van der Waals surface area (Å²) in [5, 5.41) is 106. The minimum Gasteiger partial charge on any atom is -0.394 e. The molecule has 14 nitrogen and oxygen atoms in total. The van der Waals surface area contributed by atoms with Gasteiger partial charge in [0.2, 0.25) is 0 Å². The summed E-state index contributed by atoms with van der Waals surface area (Å²) in [6.07, 6.45) is -7.19. The van der Waals surface area contributed by atoms with Crippen molar-refractivity contribution in [2.75, 3.05) is 13.2 Å². The highest BCUT2D eigenvalue weighted by Crippen LogP contribution is 2.75. The summed E-state index contributed by atoms with van der Waals surface area (Å²) in [5.74, 6) is 0.859. The Labute approximate surface area is 331 Å². The van der Waals surface area contributed by atoms with Gasteiger partial charge in [-0.2, -0.15) is 0 Å². The van der Waals surface area contributed by atoms with E-state index >= 15 is 0 Å². The average Bonchev–Trinajstić information content (AvgIpc) is 3.41. The molecule has 10 N–H and O–H groups in total. The Balaban J connectivity index is 1.14. The van der Waals surface area contributed by atoms with E-state index < -0.39 is 97.8 Å². The van der Waals surface area contributed by atoms with Crippen molar-refractivity contribution < 1.29 is 70.0 Å². The largest absolute Gasteiger partial charge is 0.394 e. The van der Waals surface area contributed by atoms with Crippen LogP contribution in [-0.4, -0.2) is 150 Å². The van der Waals surface area contributed by atoms with Gasteiger partial charge >= 0.3 is 0 Å².